The van der Waals surface area contributed by atoms with Gasteiger partial charge in [-0.15, -0.1) is 24.0 Å². The molecule has 2 fully saturated rings. The molecule has 1 saturated carbocycles. The van der Waals surface area contributed by atoms with E-state index in [1.165, 1.54) is 25.7 Å². The summed E-state index contributed by atoms with van der Waals surface area (Å²) in [7, 11) is 3.47. The number of hydrogen-bond acceptors (Lipinski definition) is 4. The molecular formula is C18H35IN4O3. The number of rotatable bonds is 6. The summed E-state index contributed by atoms with van der Waals surface area (Å²) < 4.78 is 12.3. The highest BCUT2D eigenvalue weighted by Crippen LogP contribution is 2.36. The molecule has 26 heavy (non-hydrogen) atoms. The summed E-state index contributed by atoms with van der Waals surface area (Å²) in [6.07, 6.45) is 7.91. The molecule has 152 valence electrons. The molecule has 1 aliphatic carbocycles. The van der Waals surface area contributed by atoms with Crippen LogP contribution in [-0.2, 0) is 14.3 Å². The molecule has 0 aromatic carbocycles. The average Bonchev–Trinajstić information content (AvgIpc) is 2.85. The molecule has 8 heteroatoms. The second-order valence-corrected chi connectivity index (χ2v) is 7.14. The summed E-state index contributed by atoms with van der Waals surface area (Å²) in [4.78, 5) is 17.7. The lowest BCUT2D eigenvalue weighted by molar-refractivity contribution is -0.175. The first-order valence-corrected chi connectivity index (χ1v) is 9.59. The highest BCUT2D eigenvalue weighted by molar-refractivity contribution is 14.0. The number of nitrogens with zero attached hydrogens (tertiary/aromatic N) is 2. The van der Waals surface area contributed by atoms with Crippen molar-refractivity contribution < 1.29 is 14.3 Å². The van der Waals surface area contributed by atoms with Crippen molar-refractivity contribution in [3.63, 3.8) is 0 Å². The van der Waals surface area contributed by atoms with Gasteiger partial charge in [0.1, 0.15) is 12.6 Å². The molecule has 0 radical (unpaired) electrons. The van der Waals surface area contributed by atoms with Crippen LogP contribution in [0.2, 0.25) is 0 Å². The van der Waals surface area contributed by atoms with E-state index in [2.05, 4.69) is 22.5 Å². The van der Waals surface area contributed by atoms with E-state index < -0.39 is 0 Å². The van der Waals surface area contributed by atoms with Crippen LogP contribution in [0.5, 0.6) is 0 Å². The Labute approximate surface area is 174 Å². The number of carbonyl (C=O) groups excluding carboxylic acids is 1. The van der Waals surface area contributed by atoms with E-state index in [1.807, 2.05) is 0 Å². The quantitative estimate of drug-likeness (QED) is 0.345. The topological polar surface area (TPSA) is 75.2 Å². The van der Waals surface area contributed by atoms with Crippen molar-refractivity contribution in [2.75, 3.05) is 40.3 Å². The summed E-state index contributed by atoms with van der Waals surface area (Å²) in [6, 6.07) is 0. The summed E-state index contributed by atoms with van der Waals surface area (Å²) in [5.74, 6) is 0.274. The van der Waals surface area contributed by atoms with Crippen LogP contribution in [0.4, 0.5) is 0 Å². The zero-order valence-electron chi connectivity index (χ0n) is 16.4. The van der Waals surface area contributed by atoms with E-state index in [4.69, 9.17) is 9.47 Å². The molecule has 2 N–H and O–H groups in total. The Morgan fingerprint density at radius 3 is 2.50 bits per heavy atom. The van der Waals surface area contributed by atoms with Crippen LogP contribution < -0.4 is 10.6 Å². The molecule has 1 spiro atoms. The molecule has 1 saturated heterocycles. The third kappa shape index (κ3) is 7.56. The molecule has 7 nitrogen and oxygen atoms in total. The molecule has 1 amide bonds. The Balaban J connectivity index is 0.00000338. The number of amides is 1. The molecule has 1 heterocycles. The van der Waals surface area contributed by atoms with Gasteiger partial charge in [0.2, 0.25) is 5.91 Å². The smallest absolute Gasteiger partial charge is 0.243 e. The lowest BCUT2D eigenvalue weighted by atomic mass is 10.1. The molecule has 2 aliphatic rings. The normalized spacial score (nSPS) is 22.4. The van der Waals surface area contributed by atoms with Crippen LogP contribution in [0.3, 0.4) is 0 Å². The van der Waals surface area contributed by atoms with Gasteiger partial charge in [-0.3, -0.25) is 4.79 Å². The number of ether oxygens (including phenoxy) is 2. The van der Waals surface area contributed by atoms with Gasteiger partial charge in [-0.1, -0.05) is 19.8 Å². The van der Waals surface area contributed by atoms with E-state index >= 15 is 0 Å². The highest BCUT2D eigenvalue weighted by Gasteiger charge is 2.41. The van der Waals surface area contributed by atoms with Gasteiger partial charge in [-0.2, -0.15) is 0 Å². The molecule has 0 bridgehead atoms. The predicted molar refractivity (Wildman–Crippen MR) is 114 cm³/mol. The van der Waals surface area contributed by atoms with Crippen molar-refractivity contribution in [1.29, 1.82) is 0 Å². The number of carbonyl (C=O) groups is 1. The number of aliphatic imine (C=N–C) groups is 1. The zero-order chi connectivity index (χ0) is 18.1. The fourth-order valence-corrected chi connectivity index (χ4v) is 3.16. The van der Waals surface area contributed by atoms with Crippen LogP contribution in [0, 0.1) is 0 Å². The van der Waals surface area contributed by atoms with Gasteiger partial charge in [0.15, 0.2) is 11.7 Å². The number of hydrogen-bond donors (Lipinski definition) is 2. The zero-order valence-corrected chi connectivity index (χ0v) is 18.7. The number of likely N-dealkylation sites (N-methyl/N-ethyl adjacent to an activating group) is 1. The van der Waals surface area contributed by atoms with Crippen LogP contribution in [0.15, 0.2) is 4.99 Å². The average molecular weight is 482 g/mol. The molecule has 1 atom stereocenters. The van der Waals surface area contributed by atoms with Gasteiger partial charge in [0.05, 0.1) is 6.61 Å². The van der Waals surface area contributed by atoms with Crippen LogP contribution in [0.25, 0.3) is 0 Å². The minimum atomic E-state index is -0.363. The van der Waals surface area contributed by atoms with Crippen molar-refractivity contribution in [3.8, 4) is 0 Å². The van der Waals surface area contributed by atoms with Gasteiger partial charge >= 0.3 is 0 Å². The lowest BCUT2D eigenvalue weighted by Gasteiger charge is -2.26. The molecule has 0 aromatic rings. The number of guanidine groups is 1. The third-order valence-corrected chi connectivity index (χ3v) is 4.69. The maximum absolute atomic E-state index is 11.7. The lowest BCUT2D eigenvalue weighted by Crippen LogP contribution is -2.43. The van der Waals surface area contributed by atoms with Crippen LogP contribution in [0.1, 0.15) is 51.9 Å². The van der Waals surface area contributed by atoms with Gasteiger partial charge in [-0.25, -0.2) is 4.99 Å². The van der Waals surface area contributed by atoms with E-state index in [1.54, 1.807) is 19.0 Å². The van der Waals surface area contributed by atoms with E-state index in [0.717, 1.165) is 25.8 Å². The second-order valence-electron chi connectivity index (χ2n) is 7.14. The van der Waals surface area contributed by atoms with Crippen LogP contribution >= 0.6 is 24.0 Å². The number of nitrogens with one attached hydrogen (secondary N) is 2. The Bertz CT molecular complexity index is 452. The second kappa shape index (κ2) is 12.0. The van der Waals surface area contributed by atoms with E-state index in [9.17, 15) is 4.79 Å². The van der Waals surface area contributed by atoms with Gasteiger partial charge < -0.3 is 25.0 Å². The van der Waals surface area contributed by atoms with E-state index in [-0.39, 0.29) is 48.3 Å². The molecule has 2 rings (SSSR count). The fraction of sp³-hybridized carbons (Fsp3) is 0.889. The summed E-state index contributed by atoms with van der Waals surface area (Å²) in [5.41, 5.74) is 0. The van der Waals surface area contributed by atoms with Crippen molar-refractivity contribution in [3.05, 3.63) is 0 Å². The highest BCUT2D eigenvalue weighted by atomic mass is 127. The van der Waals surface area contributed by atoms with Crippen molar-refractivity contribution in [2.45, 2.75) is 63.8 Å². The minimum absolute atomic E-state index is 0. The van der Waals surface area contributed by atoms with Gasteiger partial charge in [0, 0.05) is 40.0 Å². The van der Waals surface area contributed by atoms with Crippen molar-refractivity contribution >= 4 is 35.8 Å². The molecule has 1 aliphatic heterocycles. The van der Waals surface area contributed by atoms with Gasteiger partial charge in [0.25, 0.3) is 0 Å². The Morgan fingerprint density at radius 2 is 1.88 bits per heavy atom. The molecule has 1 unspecified atom stereocenters. The molecule has 0 aromatic heterocycles. The standard InChI is InChI=1S/C18H34N4O3.HI/c1-4-11-19-17(21-13-16(23)22(2)3)20-12-15-14-24-18(25-15)9-7-5-6-8-10-18;/h15H,4-14H2,1-3H3,(H2,19,20,21);1H. The monoisotopic (exact) mass is 482 g/mol. The Morgan fingerprint density at radius 1 is 1.19 bits per heavy atom. The summed E-state index contributed by atoms with van der Waals surface area (Å²) in [6.45, 7) is 4.30. The van der Waals surface area contributed by atoms with Gasteiger partial charge in [-0.05, 0) is 19.3 Å². The summed E-state index contributed by atoms with van der Waals surface area (Å²) in [5, 5.41) is 6.53. The Hall–Kier alpha value is -0.610. The SMILES string of the molecule is CCCNC(=NCC(=O)N(C)C)NCC1COC2(CCCCCC2)O1.I. The first kappa shape index (κ1) is 23.4. The largest absolute Gasteiger partial charge is 0.356 e. The first-order chi connectivity index (χ1) is 12.0. The molecular weight excluding hydrogens is 447 g/mol. The summed E-state index contributed by atoms with van der Waals surface area (Å²) >= 11 is 0. The third-order valence-electron chi connectivity index (χ3n) is 4.69. The van der Waals surface area contributed by atoms with E-state index in [0.29, 0.717) is 19.1 Å². The first-order valence-electron chi connectivity index (χ1n) is 9.59. The van der Waals surface area contributed by atoms with Crippen molar-refractivity contribution in [1.82, 2.24) is 15.5 Å². The predicted octanol–water partition coefficient (Wildman–Crippen LogP) is 2.10. The number of halogens is 1. The fourth-order valence-electron chi connectivity index (χ4n) is 3.16. The maximum Gasteiger partial charge on any atom is 0.243 e. The Kier molecular flexibility index (Phi) is 10.8. The van der Waals surface area contributed by atoms with Crippen LogP contribution in [-0.4, -0.2) is 69.0 Å². The van der Waals surface area contributed by atoms with Crippen molar-refractivity contribution in [2.24, 2.45) is 4.99 Å². The maximum atomic E-state index is 11.7. The minimum Gasteiger partial charge on any atom is -0.356 e.